The minimum Gasteiger partial charge on any atom is -0.309 e. The first-order chi connectivity index (χ1) is 8.35. The predicted molar refractivity (Wildman–Crippen MR) is 73.4 cm³/mol. The maximum Gasteiger partial charge on any atom is 0.212 e. The summed E-state index contributed by atoms with van der Waals surface area (Å²) in [5.41, 5.74) is 0.894. The molecule has 1 rings (SSSR count). The summed E-state index contributed by atoms with van der Waals surface area (Å²) in [7, 11) is -1.81. The van der Waals surface area contributed by atoms with Crippen LogP contribution in [0.3, 0.4) is 0 Å². The van der Waals surface area contributed by atoms with E-state index in [-0.39, 0.29) is 17.6 Å². The molecule has 1 aromatic rings. The number of nitrogens with one attached hydrogen (secondary N) is 2. The second-order valence-corrected chi connectivity index (χ2v) is 6.77. The van der Waals surface area contributed by atoms with Gasteiger partial charge in [0.1, 0.15) is 5.82 Å². The van der Waals surface area contributed by atoms with Crippen molar-refractivity contribution in [2.45, 2.75) is 13.0 Å². The van der Waals surface area contributed by atoms with Gasteiger partial charge < -0.3 is 5.32 Å². The third-order valence-corrected chi connectivity index (χ3v) is 4.55. The van der Waals surface area contributed by atoms with E-state index in [9.17, 15) is 12.8 Å². The first kappa shape index (κ1) is 15.6. The molecule has 0 radical (unpaired) electrons. The average molecular weight is 339 g/mol. The zero-order valence-corrected chi connectivity index (χ0v) is 12.6. The van der Waals surface area contributed by atoms with Gasteiger partial charge in [-0.2, -0.15) is 0 Å². The molecular formula is C11H16BrFN2O2S. The van der Waals surface area contributed by atoms with Crippen LogP contribution in [0.4, 0.5) is 4.39 Å². The quantitative estimate of drug-likeness (QED) is 0.831. The molecule has 0 fully saturated rings. The first-order valence-electron chi connectivity index (χ1n) is 5.45. The van der Waals surface area contributed by atoms with Crippen molar-refractivity contribution in [2.75, 3.05) is 19.3 Å². The van der Waals surface area contributed by atoms with E-state index in [1.54, 1.807) is 12.1 Å². The van der Waals surface area contributed by atoms with Crippen LogP contribution in [0.5, 0.6) is 0 Å². The monoisotopic (exact) mass is 338 g/mol. The zero-order chi connectivity index (χ0) is 13.8. The van der Waals surface area contributed by atoms with E-state index in [1.165, 1.54) is 13.1 Å². The summed E-state index contributed by atoms with van der Waals surface area (Å²) in [4.78, 5) is 0. The highest BCUT2D eigenvalue weighted by Crippen LogP contribution is 2.20. The Morgan fingerprint density at radius 2 is 2.11 bits per heavy atom. The molecule has 0 bridgehead atoms. The lowest BCUT2D eigenvalue weighted by atomic mass is 10.1. The molecule has 18 heavy (non-hydrogen) atoms. The predicted octanol–water partition coefficient (Wildman–Crippen LogP) is 1.79. The molecule has 0 saturated heterocycles. The van der Waals surface area contributed by atoms with Gasteiger partial charge >= 0.3 is 0 Å². The smallest absolute Gasteiger partial charge is 0.212 e. The van der Waals surface area contributed by atoms with Crippen LogP contribution in [0, 0.1) is 5.82 Å². The van der Waals surface area contributed by atoms with Crippen LogP contribution in [0.25, 0.3) is 0 Å². The molecule has 0 amide bonds. The number of halogens is 2. The molecule has 1 atom stereocenters. The van der Waals surface area contributed by atoms with Crippen molar-refractivity contribution in [1.29, 1.82) is 0 Å². The van der Waals surface area contributed by atoms with Crippen molar-refractivity contribution in [3.05, 3.63) is 34.1 Å². The largest absolute Gasteiger partial charge is 0.309 e. The van der Waals surface area contributed by atoms with Crippen LogP contribution in [0.1, 0.15) is 18.5 Å². The summed E-state index contributed by atoms with van der Waals surface area (Å²) in [5.74, 6) is -0.306. The Bertz CT molecular complexity index is 508. The van der Waals surface area contributed by atoms with E-state index in [0.29, 0.717) is 11.0 Å². The molecule has 1 aromatic carbocycles. The summed E-state index contributed by atoms with van der Waals surface area (Å²) in [6.07, 6.45) is 0. The van der Waals surface area contributed by atoms with E-state index in [2.05, 4.69) is 26.0 Å². The molecule has 1 unspecified atom stereocenters. The van der Waals surface area contributed by atoms with Gasteiger partial charge in [0.25, 0.3) is 0 Å². The number of sulfonamides is 1. The molecule has 0 aliphatic heterocycles. The van der Waals surface area contributed by atoms with Crippen molar-refractivity contribution in [3.63, 3.8) is 0 Å². The molecule has 0 aromatic heterocycles. The number of hydrogen-bond donors (Lipinski definition) is 2. The van der Waals surface area contributed by atoms with E-state index in [4.69, 9.17) is 0 Å². The van der Waals surface area contributed by atoms with Gasteiger partial charge in [0.2, 0.25) is 10.0 Å². The maximum atomic E-state index is 13.1. The Morgan fingerprint density at radius 3 is 2.67 bits per heavy atom. The van der Waals surface area contributed by atoms with Crippen LogP contribution in [-0.2, 0) is 10.0 Å². The van der Waals surface area contributed by atoms with Crippen molar-refractivity contribution in [2.24, 2.45) is 0 Å². The van der Waals surface area contributed by atoms with Crippen LogP contribution in [-0.4, -0.2) is 27.8 Å². The van der Waals surface area contributed by atoms with Gasteiger partial charge in [0.15, 0.2) is 0 Å². The normalized spacial score (nSPS) is 13.6. The fourth-order valence-corrected chi connectivity index (χ4v) is 2.40. The molecule has 7 heteroatoms. The Balaban J connectivity index is 2.55. The van der Waals surface area contributed by atoms with Crippen LogP contribution < -0.4 is 10.0 Å². The topological polar surface area (TPSA) is 58.2 Å². The summed E-state index contributed by atoms with van der Waals surface area (Å²) in [5, 5.41) is 3.07. The molecule has 0 aliphatic rings. The second kappa shape index (κ2) is 6.60. The Labute approximate surface area is 115 Å². The van der Waals surface area contributed by atoms with Crippen molar-refractivity contribution in [3.8, 4) is 0 Å². The summed E-state index contributed by atoms with van der Waals surface area (Å²) < 4.78 is 38.1. The average Bonchev–Trinajstić information content (AvgIpc) is 2.32. The van der Waals surface area contributed by atoms with E-state index >= 15 is 0 Å². The summed E-state index contributed by atoms with van der Waals surface area (Å²) >= 11 is 3.12. The molecule has 0 heterocycles. The van der Waals surface area contributed by atoms with Gasteiger partial charge in [-0.1, -0.05) is 6.07 Å². The lowest BCUT2D eigenvalue weighted by molar-refractivity contribution is 0.565. The highest BCUT2D eigenvalue weighted by Gasteiger charge is 2.10. The van der Waals surface area contributed by atoms with Gasteiger partial charge in [-0.3, -0.25) is 0 Å². The van der Waals surface area contributed by atoms with Gasteiger partial charge in [-0.15, -0.1) is 0 Å². The van der Waals surface area contributed by atoms with E-state index in [0.717, 1.165) is 5.56 Å². The number of benzene rings is 1. The minimum absolute atomic E-state index is 0.0101. The van der Waals surface area contributed by atoms with Gasteiger partial charge in [0.05, 0.1) is 10.2 Å². The fraction of sp³-hybridized carbons (Fsp3) is 0.455. The van der Waals surface area contributed by atoms with Crippen molar-refractivity contribution >= 4 is 26.0 Å². The molecule has 4 nitrogen and oxygen atoms in total. The van der Waals surface area contributed by atoms with Crippen LogP contribution in [0.15, 0.2) is 22.7 Å². The molecule has 2 N–H and O–H groups in total. The Morgan fingerprint density at radius 1 is 1.44 bits per heavy atom. The van der Waals surface area contributed by atoms with Crippen LogP contribution in [0.2, 0.25) is 0 Å². The minimum atomic E-state index is -3.19. The third kappa shape index (κ3) is 4.64. The maximum absolute atomic E-state index is 13.1. The molecular weight excluding hydrogens is 323 g/mol. The molecule has 0 saturated carbocycles. The summed E-state index contributed by atoms with van der Waals surface area (Å²) in [6.45, 7) is 2.23. The van der Waals surface area contributed by atoms with E-state index < -0.39 is 10.0 Å². The molecule has 0 spiro atoms. The van der Waals surface area contributed by atoms with Gasteiger partial charge in [-0.25, -0.2) is 17.5 Å². The number of rotatable bonds is 6. The standard InChI is InChI=1S/C11H16BrFN2O2S/c1-8(15-5-6-18(16,17)14-2)9-3-4-11(13)10(12)7-9/h3-4,7-8,14-15H,5-6H2,1-2H3. The lowest BCUT2D eigenvalue weighted by Crippen LogP contribution is -2.30. The number of hydrogen-bond acceptors (Lipinski definition) is 3. The third-order valence-electron chi connectivity index (χ3n) is 2.58. The molecule has 102 valence electrons. The van der Waals surface area contributed by atoms with Crippen molar-refractivity contribution < 1.29 is 12.8 Å². The fourth-order valence-electron chi connectivity index (χ4n) is 1.41. The zero-order valence-electron chi connectivity index (χ0n) is 10.2. The van der Waals surface area contributed by atoms with Gasteiger partial charge in [0, 0.05) is 12.6 Å². The van der Waals surface area contributed by atoms with Gasteiger partial charge in [-0.05, 0) is 47.6 Å². The van der Waals surface area contributed by atoms with Crippen molar-refractivity contribution in [1.82, 2.24) is 10.0 Å². The molecule has 0 aliphatic carbocycles. The Hall–Kier alpha value is -0.500. The van der Waals surface area contributed by atoms with E-state index in [1.807, 2.05) is 6.92 Å². The highest BCUT2D eigenvalue weighted by molar-refractivity contribution is 9.10. The first-order valence-corrected chi connectivity index (χ1v) is 7.90. The lowest BCUT2D eigenvalue weighted by Gasteiger charge is -2.14. The van der Waals surface area contributed by atoms with Crippen LogP contribution >= 0.6 is 15.9 Å². The highest BCUT2D eigenvalue weighted by atomic mass is 79.9. The Kier molecular flexibility index (Phi) is 5.71. The summed E-state index contributed by atoms with van der Waals surface area (Å²) in [6, 6.07) is 4.68. The second-order valence-electron chi connectivity index (χ2n) is 3.87. The SMILES string of the molecule is CNS(=O)(=O)CCNC(C)c1ccc(F)c(Br)c1.